The summed E-state index contributed by atoms with van der Waals surface area (Å²) in [5.74, 6) is -2.41. The van der Waals surface area contributed by atoms with Crippen molar-refractivity contribution in [3.63, 3.8) is 0 Å². The first-order valence-electron chi connectivity index (χ1n) is 13.5. The lowest BCUT2D eigenvalue weighted by molar-refractivity contribution is 0.395. The fourth-order valence-corrected chi connectivity index (χ4v) is 1.30. The lowest BCUT2D eigenvalue weighted by atomic mass is 9.79. The molecule has 0 aliphatic heterocycles. The van der Waals surface area contributed by atoms with E-state index in [1.54, 1.807) is 0 Å². The molecule has 0 heterocycles. The second kappa shape index (κ2) is 4.25. The van der Waals surface area contributed by atoms with Crippen molar-refractivity contribution >= 4 is 0 Å². The van der Waals surface area contributed by atoms with Crippen LogP contribution >= 0.6 is 0 Å². The van der Waals surface area contributed by atoms with Crippen LogP contribution in [0.15, 0.2) is 12.1 Å². The van der Waals surface area contributed by atoms with Gasteiger partial charge in [-0.05, 0) is 23.0 Å². The van der Waals surface area contributed by atoms with E-state index in [1.165, 1.54) is 0 Å². The van der Waals surface area contributed by atoms with Crippen molar-refractivity contribution in [2.45, 2.75) is 51.9 Å². The molecule has 0 aromatic heterocycles. The topological polar surface area (TPSA) is 29.5 Å². The maximum Gasteiger partial charge on any atom is 0.123 e. The first-order valence-corrected chi connectivity index (χ1v) is 4.49. The fraction of sp³-hybridized carbons (Fsp3) is 0.600. The van der Waals surface area contributed by atoms with Crippen molar-refractivity contribution < 1.29 is 34.5 Å². The van der Waals surface area contributed by atoms with Crippen LogP contribution in [-0.4, -0.2) is 12.2 Å². The highest BCUT2D eigenvalue weighted by molar-refractivity contribution is 5.51. The van der Waals surface area contributed by atoms with Gasteiger partial charge in [0, 0.05) is 35.8 Å². The number of ether oxygens (including phenoxy) is 1. The molecule has 1 N–H and O–H groups in total. The Morgan fingerprint density at radius 1 is 1.00 bits per heavy atom. The molecule has 0 saturated carbocycles. The summed E-state index contributed by atoms with van der Waals surface area (Å²) >= 11 is 0. The van der Waals surface area contributed by atoms with Gasteiger partial charge in [-0.15, -0.1) is 0 Å². The van der Waals surface area contributed by atoms with Crippen molar-refractivity contribution in [1.82, 2.24) is 0 Å². The predicted molar refractivity (Wildman–Crippen MR) is 72.1 cm³/mol. The third-order valence-electron chi connectivity index (χ3n) is 2.13. The Balaban J connectivity index is 4.69. The van der Waals surface area contributed by atoms with Gasteiger partial charge in [-0.1, -0.05) is 41.1 Å². The van der Waals surface area contributed by atoms with E-state index in [-0.39, 0.29) is 0 Å². The molecule has 0 aliphatic carbocycles. The van der Waals surface area contributed by atoms with Crippen LogP contribution in [0.3, 0.4) is 0 Å². The first-order chi connectivity index (χ1) is 15.1. The van der Waals surface area contributed by atoms with Gasteiger partial charge in [0.1, 0.15) is 11.5 Å². The number of methoxy groups -OCH3 is 1. The Morgan fingerprint density at radius 3 is 1.71 bits per heavy atom. The Bertz CT molecular complexity index is 781. The molecule has 0 amide bonds. The molecule has 96 valence electrons. The summed E-state index contributed by atoms with van der Waals surface area (Å²) in [6.45, 7) is -23.6. The molecular formula is C15H24O2. The van der Waals surface area contributed by atoms with Gasteiger partial charge in [0.05, 0.1) is 7.11 Å². The summed E-state index contributed by atoms with van der Waals surface area (Å²) in [6.07, 6.45) is 0. The average Bonchev–Trinajstić information content (AvgIpc) is 2.50. The molecule has 0 atom stereocenters. The number of rotatable bonds is 1. The monoisotopic (exact) mass is 254 g/mol. The van der Waals surface area contributed by atoms with Crippen LogP contribution in [0.2, 0.25) is 0 Å². The molecule has 0 bridgehead atoms. The Kier molecular flexibility index (Phi) is 0.759. The highest BCUT2D eigenvalue weighted by Gasteiger charge is 2.26. The van der Waals surface area contributed by atoms with E-state index in [0.29, 0.717) is 12.1 Å². The zero-order valence-electron chi connectivity index (χ0n) is 27.0. The standard InChI is InChI=1S/C15H24O2/c1-14(2,3)11-8-10(17-7)9-12(13(11)16)15(4,5)6/h8-9,16H,1-7H3/i1D3,2D3,3D3,4D3,5D3,6D3. The number of phenols is 1. The van der Waals surface area contributed by atoms with Crippen LogP contribution in [0, 0.1) is 0 Å². The number of aromatic hydroxyl groups is 1. The van der Waals surface area contributed by atoms with E-state index in [4.69, 9.17) is 29.4 Å². The van der Waals surface area contributed by atoms with Crippen molar-refractivity contribution in [1.29, 1.82) is 0 Å². The smallest absolute Gasteiger partial charge is 0.123 e. The molecule has 1 aromatic carbocycles. The maximum atomic E-state index is 11.1. The Labute approximate surface area is 130 Å². The third kappa shape index (κ3) is 2.93. The lowest BCUT2D eigenvalue weighted by Gasteiger charge is -2.27. The first kappa shape index (κ1) is 3.04. The zero-order chi connectivity index (χ0) is 28.4. The molecule has 0 fully saturated rings. The van der Waals surface area contributed by atoms with Crippen LogP contribution in [0.25, 0.3) is 0 Å². The van der Waals surface area contributed by atoms with Crippen molar-refractivity contribution in [2.75, 3.05) is 7.11 Å². The molecule has 1 aromatic rings. The summed E-state index contributed by atoms with van der Waals surface area (Å²) in [5.41, 5.74) is -10.7. The van der Waals surface area contributed by atoms with Crippen molar-refractivity contribution in [3.8, 4) is 11.5 Å². The van der Waals surface area contributed by atoms with Gasteiger partial charge in [0.25, 0.3) is 0 Å². The number of phenolic OH excluding ortho intramolecular Hbond substituents is 1. The number of hydrogen-bond acceptors (Lipinski definition) is 2. The molecule has 17 heavy (non-hydrogen) atoms. The highest BCUT2D eigenvalue weighted by Crippen LogP contribution is 2.41. The summed E-state index contributed by atoms with van der Waals surface area (Å²) in [4.78, 5) is 0. The van der Waals surface area contributed by atoms with Gasteiger partial charge < -0.3 is 9.84 Å². The second-order valence-electron chi connectivity index (χ2n) is 3.57. The number of benzene rings is 1. The molecule has 0 unspecified atom stereocenters. The quantitative estimate of drug-likeness (QED) is 0.821. The van der Waals surface area contributed by atoms with Gasteiger partial charge in [-0.3, -0.25) is 0 Å². The molecule has 0 radical (unpaired) electrons. The molecule has 0 spiro atoms. The minimum Gasteiger partial charge on any atom is -0.507 e. The van der Waals surface area contributed by atoms with E-state index in [9.17, 15) is 5.11 Å². The summed E-state index contributed by atoms with van der Waals surface area (Å²) < 4.78 is 146. The SMILES string of the molecule is [2H]C([2H])([2H])C(c1cc(OC)cc(C(C([2H])([2H])[2H])(C([2H])([2H])[2H])C([2H])([2H])[2H])c1O)(C([2H])([2H])[2H])C([2H])([2H])[2H]. The van der Waals surface area contributed by atoms with E-state index >= 15 is 0 Å². The minimum atomic E-state index is -3.94. The van der Waals surface area contributed by atoms with E-state index in [1.807, 2.05) is 0 Å². The van der Waals surface area contributed by atoms with Gasteiger partial charge in [0.15, 0.2) is 0 Å². The minimum absolute atomic E-state index is 0.493. The summed E-state index contributed by atoms with van der Waals surface area (Å²) in [7, 11) is 0.906. The molecular weight excluding hydrogens is 212 g/mol. The van der Waals surface area contributed by atoms with Gasteiger partial charge in [-0.2, -0.15) is 0 Å². The average molecular weight is 254 g/mol. The van der Waals surface area contributed by atoms with E-state index in [2.05, 4.69) is 0 Å². The van der Waals surface area contributed by atoms with Crippen molar-refractivity contribution in [2.24, 2.45) is 0 Å². The Hall–Kier alpha value is -1.18. The fourth-order valence-electron chi connectivity index (χ4n) is 1.30. The lowest BCUT2D eigenvalue weighted by Crippen LogP contribution is -2.17. The van der Waals surface area contributed by atoms with Gasteiger partial charge in [0.2, 0.25) is 0 Å². The molecule has 0 saturated heterocycles. The molecule has 2 nitrogen and oxygen atoms in total. The van der Waals surface area contributed by atoms with Crippen LogP contribution in [0.1, 0.15) is 76.9 Å². The predicted octanol–water partition coefficient (Wildman–Crippen LogP) is 4.00. The number of hydrogen-bond donors (Lipinski definition) is 1. The largest absolute Gasteiger partial charge is 0.507 e. The molecule has 2 heteroatoms. The molecule has 1 rings (SSSR count). The van der Waals surface area contributed by atoms with E-state index < -0.39 is 74.6 Å². The van der Waals surface area contributed by atoms with Gasteiger partial charge >= 0.3 is 0 Å². The van der Waals surface area contributed by atoms with Gasteiger partial charge in [-0.25, -0.2) is 0 Å². The summed E-state index contributed by atoms with van der Waals surface area (Å²) in [5, 5.41) is 11.1. The highest BCUT2D eigenvalue weighted by atomic mass is 16.5. The molecule has 0 aliphatic rings. The third-order valence-corrected chi connectivity index (χ3v) is 2.13. The normalized spacial score (nSPS) is 32.8. The Morgan fingerprint density at radius 2 is 1.41 bits per heavy atom. The van der Waals surface area contributed by atoms with Crippen LogP contribution < -0.4 is 4.74 Å². The van der Waals surface area contributed by atoms with Crippen LogP contribution in [0.5, 0.6) is 11.5 Å². The van der Waals surface area contributed by atoms with E-state index in [0.717, 1.165) is 7.11 Å². The summed E-state index contributed by atoms with van der Waals surface area (Å²) in [6, 6.07) is 0.987. The van der Waals surface area contributed by atoms with Crippen LogP contribution in [-0.2, 0) is 10.8 Å². The second-order valence-corrected chi connectivity index (χ2v) is 3.57. The van der Waals surface area contributed by atoms with Crippen LogP contribution in [0.4, 0.5) is 0 Å². The zero-order valence-corrected chi connectivity index (χ0v) is 9.01. The maximum absolute atomic E-state index is 11.1. The van der Waals surface area contributed by atoms with Crippen molar-refractivity contribution in [3.05, 3.63) is 23.3 Å².